The molecule has 0 saturated heterocycles. The number of hydrogen-bond acceptors (Lipinski definition) is 4. The third-order valence-electron chi connectivity index (χ3n) is 3.82. The second-order valence-corrected chi connectivity index (χ2v) is 5.96. The van der Waals surface area contributed by atoms with Crippen LogP contribution in [0.1, 0.15) is 38.0 Å². The van der Waals surface area contributed by atoms with Gasteiger partial charge in [-0.05, 0) is 43.4 Å². The van der Waals surface area contributed by atoms with E-state index in [4.69, 9.17) is 9.52 Å². The second kappa shape index (κ2) is 6.36. The minimum atomic E-state index is -0.255. The van der Waals surface area contributed by atoms with E-state index in [0.29, 0.717) is 24.6 Å². The van der Waals surface area contributed by atoms with Crippen molar-refractivity contribution in [1.82, 2.24) is 10.3 Å². The van der Waals surface area contributed by atoms with Crippen molar-refractivity contribution in [3.05, 3.63) is 24.1 Å². The van der Waals surface area contributed by atoms with Gasteiger partial charge in [-0.1, -0.05) is 6.92 Å². The summed E-state index contributed by atoms with van der Waals surface area (Å²) in [6, 6.07) is 5.20. The van der Waals surface area contributed by atoms with Gasteiger partial charge in [0, 0.05) is 24.8 Å². The fraction of sp³-hybridized carbons (Fsp3) is 0.500. The molecule has 1 aromatic carbocycles. The molecule has 6 nitrogen and oxygen atoms in total. The molecule has 1 aliphatic rings. The zero-order valence-electron chi connectivity index (χ0n) is 12.6. The number of urea groups is 1. The van der Waals surface area contributed by atoms with Crippen LogP contribution in [0, 0.1) is 5.92 Å². The molecule has 0 aliphatic heterocycles. The average Bonchev–Trinajstić information content (AvgIpc) is 3.25. The monoisotopic (exact) mass is 303 g/mol. The Kier molecular flexibility index (Phi) is 4.29. The van der Waals surface area contributed by atoms with Crippen LogP contribution in [0.3, 0.4) is 0 Å². The molecule has 1 aromatic heterocycles. The molecular formula is C16H21N3O3. The van der Waals surface area contributed by atoms with E-state index >= 15 is 0 Å². The topological polar surface area (TPSA) is 87.4 Å². The van der Waals surface area contributed by atoms with Crippen molar-refractivity contribution in [2.24, 2.45) is 5.92 Å². The van der Waals surface area contributed by atoms with Gasteiger partial charge in [-0.2, -0.15) is 0 Å². The van der Waals surface area contributed by atoms with E-state index in [1.807, 2.05) is 19.1 Å². The zero-order chi connectivity index (χ0) is 15.5. The Bertz CT molecular complexity index is 664. The highest BCUT2D eigenvalue weighted by Gasteiger charge is 2.28. The highest BCUT2D eigenvalue weighted by molar-refractivity contribution is 5.91. The molecule has 2 amide bonds. The van der Waals surface area contributed by atoms with Crippen LogP contribution in [0.25, 0.3) is 11.1 Å². The van der Waals surface area contributed by atoms with Crippen LogP contribution in [0.2, 0.25) is 0 Å². The van der Waals surface area contributed by atoms with Crippen LogP contribution in [0.4, 0.5) is 10.5 Å². The molecule has 1 fully saturated rings. The molecular weight excluding hydrogens is 282 g/mol. The van der Waals surface area contributed by atoms with Crippen LogP contribution in [0.5, 0.6) is 0 Å². The number of rotatable bonds is 6. The molecule has 6 heteroatoms. The highest BCUT2D eigenvalue weighted by Crippen LogP contribution is 2.40. The smallest absolute Gasteiger partial charge is 0.319 e. The van der Waals surface area contributed by atoms with Crippen molar-refractivity contribution in [1.29, 1.82) is 0 Å². The van der Waals surface area contributed by atoms with Crippen molar-refractivity contribution < 1.29 is 14.3 Å². The lowest BCUT2D eigenvalue weighted by Crippen LogP contribution is -2.32. The summed E-state index contributed by atoms with van der Waals surface area (Å²) in [5.74, 6) is 1.52. The molecule has 118 valence electrons. The quantitative estimate of drug-likeness (QED) is 0.765. The van der Waals surface area contributed by atoms with Crippen molar-refractivity contribution in [3.63, 3.8) is 0 Å². The summed E-state index contributed by atoms with van der Waals surface area (Å²) in [6.45, 7) is 2.65. The molecule has 0 radical (unpaired) electrons. The van der Waals surface area contributed by atoms with Crippen LogP contribution in [-0.2, 0) is 0 Å². The molecule has 1 heterocycles. The largest absolute Gasteiger partial charge is 0.440 e. The lowest BCUT2D eigenvalue weighted by molar-refractivity contribution is 0.243. The maximum atomic E-state index is 11.9. The predicted molar refractivity (Wildman–Crippen MR) is 83.9 cm³/mol. The lowest BCUT2D eigenvalue weighted by atomic mass is 10.1. The zero-order valence-corrected chi connectivity index (χ0v) is 12.6. The molecule has 0 bridgehead atoms. The van der Waals surface area contributed by atoms with Gasteiger partial charge in [0.05, 0.1) is 0 Å². The van der Waals surface area contributed by atoms with Crippen LogP contribution in [0.15, 0.2) is 22.6 Å². The summed E-state index contributed by atoms with van der Waals surface area (Å²) >= 11 is 0. The number of benzene rings is 1. The Labute approximate surface area is 128 Å². The Morgan fingerprint density at radius 1 is 1.50 bits per heavy atom. The van der Waals surface area contributed by atoms with E-state index in [2.05, 4.69) is 15.6 Å². The first kappa shape index (κ1) is 14.8. The molecule has 1 atom stereocenters. The van der Waals surface area contributed by atoms with Gasteiger partial charge in [0.25, 0.3) is 0 Å². The first-order valence-corrected chi connectivity index (χ1v) is 7.72. The van der Waals surface area contributed by atoms with E-state index in [0.717, 1.165) is 29.8 Å². The lowest BCUT2D eigenvalue weighted by Gasteiger charge is -2.12. The number of aliphatic hydroxyl groups excluding tert-OH is 1. The number of fused-ring (bicyclic) bond motifs is 1. The van der Waals surface area contributed by atoms with E-state index in [1.54, 1.807) is 6.07 Å². The molecule has 3 rings (SSSR count). The minimum absolute atomic E-state index is 0.136. The van der Waals surface area contributed by atoms with Gasteiger partial charge in [0.1, 0.15) is 5.52 Å². The summed E-state index contributed by atoms with van der Waals surface area (Å²) in [4.78, 5) is 16.3. The Hall–Kier alpha value is -2.08. The van der Waals surface area contributed by atoms with E-state index in [-0.39, 0.29) is 18.6 Å². The second-order valence-electron chi connectivity index (χ2n) is 5.96. The predicted octanol–water partition coefficient (Wildman–Crippen LogP) is 2.85. The molecule has 1 saturated carbocycles. The molecule has 1 unspecified atom stereocenters. The number of amides is 2. The average molecular weight is 303 g/mol. The van der Waals surface area contributed by atoms with Crippen molar-refractivity contribution in [2.45, 2.75) is 32.1 Å². The number of nitrogens with zero attached hydrogens (tertiary/aromatic N) is 1. The normalized spacial score (nSPS) is 15.7. The number of oxazole rings is 1. The van der Waals surface area contributed by atoms with Crippen LogP contribution >= 0.6 is 0 Å². The molecule has 2 aromatic rings. The van der Waals surface area contributed by atoms with Crippen molar-refractivity contribution in [3.8, 4) is 0 Å². The number of carbonyl (C=O) groups is 1. The van der Waals surface area contributed by atoms with Gasteiger partial charge in [-0.25, -0.2) is 9.78 Å². The van der Waals surface area contributed by atoms with Crippen LogP contribution < -0.4 is 10.6 Å². The van der Waals surface area contributed by atoms with Gasteiger partial charge in [-0.15, -0.1) is 0 Å². The molecule has 22 heavy (non-hydrogen) atoms. The number of anilines is 1. The maximum Gasteiger partial charge on any atom is 0.319 e. The summed E-state index contributed by atoms with van der Waals surface area (Å²) in [5, 5.41) is 14.4. The Morgan fingerprint density at radius 2 is 2.32 bits per heavy atom. The van der Waals surface area contributed by atoms with E-state index < -0.39 is 0 Å². The van der Waals surface area contributed by atoms with E-state index in [9.17, 15) is 4.79 Å². The van der Waals surface area contributed by atoms with Gasteiger partial charge < -0.3 is 20.2 Å². The first-order chi connectivity index (χ1) is 10.7. The SMILES string of the molecule is CC(CCO)CNC(=O)Nc1ccc2oc(C3CC3)nc2c1. The Balaban J connectivity index is 1.59. The fourth-order valence-electron chi connectivity index (χ4n) is 2.29. The number of carbonyl (C=O) groups excluding carboxylic acids is 1. The van der Waals surface area contributed by atoms with Crippen molar-refractivity contribution >= 4 is 22.8 Å². The molecule has 0 spiro atoms. The fourth-order valence-corrected chi connectivity index (χ4v) is 2.29. The summed E-state index contributed by atoms with van der Waals surface area (Å²) < 4.78 is 5.69. The third-order valence-corrected chi connectivity index (χ3v) is 3.82. The van der Waals surface area contributed by atoms with E-state index in [1.165, 1.54) is 0 Å². The number of aliphatic hydroxyl groups is 1. The van der Waals surface area contributed by atoms with Gasteiger partial charge in [-0.3, -0.25) is 0 Å². The summed E-state index contributed by atoms with van der Waals surface area (Å²) in [7, 11) is 0. The maximum absolute atomic E-state index is 11.9. The standard InChI is InChI=1S/C16H21N3O3/c1-10(6-7-20)9-17-16(21)18-12-4-5-14-13(8-12)19-15(22-14)11-2-3-11/h4-5,8,10-11,20H,2-3,6-7,9H2,1H3,(H2,17,18,21). The number of nitrogens with one attached hydrogen (secondary N) is 2. The molecule has 1 aliphatic carbocycles. The van der Waals surface area contributed by atoms with Crippen molar-refractivity contribution in [2.75, 3.05) is 18.5 Å². The summed E-state index contributed by atoms with van der Waals surface area (Å²) in [5.41, 5.74) is 2.22. The first-order valence-electron chi connectivity index (χ1n) is 7.72. The third kappa shape index (κ3) is 3.57. The molecule has 3 N–H and O–H groups in total. The van der Waals surface area contributed by atoms with Gasteiger partial charge in [0.2, 0.25) is 0 Å². The van der Waals surface area contributed by atoms with Gasteiger partial charge >= 0.3 is 6.03 Å². The van der Waals surface area contributed by atoms with Gasteiger partial charge in [0.15, 0.2) is 11.5 Å². The number of hydrogen-bond donors (Lipinski definition) is 3. The highest BCUT2D eigenvalue weighted by atomic mass is 16.3. The van der Waals surface area contributed by atoms with Crippen LogP contribution in [-0.4, -0.2) is 29.3 Å². The summed E-state index contributed by atoms with van der Waals surface area (Å²) in [6.07, 6.45) is 2.97. The Morgan fingerprint density at radius 3 is 3.05 bits per heavy atom. The minimum Gasteiger partial charge on any atom is -0.440 e. The number of aromatic nitrogens is 1.